The Morgan fingerprint density at radius 1 is 1.25 bits per heavy atom. The van der Waals surface area contributed by atoms with Crippen LogP contribution in [0.25, 0.3) is 0 Å². The van der Waals surface area contributed by atoms with Crippen LogP contribution in [0.15, 0.2) is 12.4 Å². The van der Waals surface area contributed by atoms with Gasteiger partial charge in [0.1, 0.15) is 0 Å². The lowest BCUT2D eigenvalue weighted by atomic mass is 10.1. The fourth-order valence-corrected chi connectivity index (χ4v) is 2.48. The molecule has 0 aliphatic carbocycles. The molecule has 0 bridgehead atoms. The molecule has 0 saturated carbocycles. The van der Waals surface area contributed by atoms with Crippen molar-refractivity contribution in [3.05, 3.63) is 23.5 Å². The van der Waals surface area contributed by atoms with E-state index in [1.165, 1.54) is 16.8 Å². The van der Waals surface area contributed by atoms with Crippen molar-refractivity contribution in [2.45, 2.75) is 39.8 Å². The number of piperazine rings is 1. The standard InChI is InChI=1S/C13H21N3/c1-9-5-14-6-10(2)13(9)16-8-11(3)15-7-12(16)4/h5-6,11-12,15H,7-8H2,1-4H3. The van der Waals surface area contributed by atoms with Gasteiger partial charge in [-0.15, -0.1) is 0 Å². The van der Waals surface area contributed by atoms with Crippen molar-refractivity contribution in [3.8, 4) is 0 Å². The van der Waals surface area contributed by atoms with Crippen LogP contribution >= 0.6 is 0 Å². The Balaban J connectivity index is 2.35. The van der Waals surface area contributed by atoms with Crippen molar-refractivity contribution < 1.29 is 0 Å². The molecule has 2 rings (SSSR count). The quantitative estimate of drug-likeness (QED) is 0.781. The molecule has 0 amide bonds. The molecule has 3 nitrogen and oxygen atoms in total. The fourth-order valence-electron chi connectivity index (χ4n) is 2.48. The summed E-state index contributed by atoms with van der Waals surface area (Å²) in [5, 5.41) is 3.51. The van der Waals surface area contributed by atoms with E-state index in [1.54, 1.807) is 0 Å². The lowest BCUT2D eigenvalue weighted by Gasteiger charge is -2.40. The van der Waals surface area contributed by atoms with Crippen LogP contribution in [0.4, 0.5) is 5.69 Å². The Bertz CT molecular complexity index is 355. The van der Waals surface area contributed by atoms with Gasteiger partial charge in [0.25, 0.3) is 0 Å². The van der Waals surface area contributed by atoms with Crippen LogP contribution in [0, 0.1) is 13.8 Å². The Labute approximate surface area is 97.9 Å². The second kappa shape index (κ2) is 4.42. The Morgan fingerprint density at radius 2 is 1.88 bits per heavy atom. The lowest BCUT2D eigenvalue weighted by Crippen LogP contribution is -2.54. The maximum Gasteiger partial charge on any atom is 0.0459 e. The first kappa shape index (κ1) is 11.4. The van der Waals surface area contributed by atoms with Gasteiger partial charge in [-0.2, -0.15) is 0 Å². The van der Waals surface area contributed by atoms with Gasteiger partial charge in [-0.1, -0.05) is 0 Å². The van der Waals surface area contributed by atoms with E-state index in [2.05, 4.69) is 42.9 Å². The maximum absolute atomic E-state index is 4.24. The normalized spacial score (nSPS) is 25.9. The summed E-state index contributed by atoms with van der Waals surface area (Å²) >= 11 is 0. The van der Waals surface area contributed by atoms with E-state index in [0.29, 0.717) is 12.1 Å². The number of hydrogen-bond donors (Lipinski definition) is 1. The van der Waals surface area contributed by atoms with Crippen molar-refractivity contribution in [1.82, 2.24) is 10.3 Å². The molecule has 16 heavy (non-hydrogen) atoms. The Hall–Kier alpha value is -1.09. The molecule has 1 saturated heterocycles. The van der Waals surface area contributed by atoms with Crippen LogP contribution in [0.2, 0.25) is 0 Å². The molecule has 88 valence electrons. The number of nitrogens with zero attached hydrogens (tertiary/aromatic N) is 2. The number of hydrogen-bond acceptors (Lipinski definition) is 3. The smallest absolute Gasteiger partial charge is 0.0459 e. The summed E-state index contributed by atoms with van der Waals surface area (Å²) in [4.78, 5) is 6.75. The van der Waals surface area contributed by atoms with Crippen LogP contribution < -0.4 is 10.2 Å². The molecule has 2 unspecified atom stereocenters. The summed E-state index contributed by atoms with van der Waals surface area (Å²) in [5.41, 5.74) is 3.93. The minimum atomic E-state index is 0.552. The van der Waals surface area contributed by atoms with Crippen LogP contribution in [-0.2, 0) is 0 Å². The highest BCUT2D eigenvalue weighted by atomic mass is 15.2. The number of rotatable bonds is 1. The molecular weight excluding hydrogens is 198 g/mol. The first-order valence-corrected chi connectivity index (χ1v) is 6.01. The van der Waals surface area contributed by atoms with E-state index in [1.807, 2.05) is 12.4 Å². The van der Waals surface area contributed by atoms with Gasteiger partial charge in [0.15, 0.2) is 0 Å². The van der Waals surface area contributed by atoms with Gasteiger partial charge in [0.2, 0.25) is 0 Å². The van der Waals surface area contributed by atoms with Crippen molar-refractivity contribution >= 4 is 5.69 Å². The average molecular weight is 219 g/mol. The first-order valence-electron chi connectivity index (χ1n) is 6.01. The minimum Gasteiger partial charge on any atom is -0.365 e. The van der Waals surface area contributed by atoms with E-state index in [0.717, 1.165) is 13.1 Å². The van der Waals surface area contributed by atoms with Gasteiger partial charge in [-0.25, -0.2) is 0 Å². The molecule has 0 aromatic carbocycles. The second-order valence-corrected chi connectivity index (χ2v) is 4.93. The molecule has 1 aromatic rings. The van der Waals surface area contributed by atoms with Gasteiger partial charge in [-0.3, -0.25) is 4.98 Å². The zero-order valence-corrected chi connectivity index (χ0v) is 10.6. The van der Waals surface area contributed by atoms with Crippen LogP contribution in [-0.4, -0.2) is 30.2 Å². The number of pyridine rings is 1. The SMILES string of the molecule is Cc1cncc(C)c1N1CC(C)NCC1C. The third-order valence-electron chi connectivity index (χ3n) is 3.33. The van der Waals surface area contributed by atoms with Gasteiger partial charge < -0.3 is 10.2 Å². The molecule has 3 heteroatoms. The van der Waals surface area contributed by atoms with Gasteiger partial charge in [0.05, 0.1) is 0 Å². The average Bonchev–Trinajstić information content (AvgIpc) is 2.23. The Kier molecular flexibility index (Phi) is 3.15. The third-order valence-corrected chi connectivity index (χ3v) is 3.33. The number of aryl methyl sites for hydroxylation is 2. The summed E-state index contributed by atoms with van der Waals surface area (Å²) in [6.07, 6.45) is 3.92. The van der Waals surface area contributed by atoms with E-state index >= 15 is 0 Å². The third kappa shape index (κ3) is 2.05. The van der Waals surface area contributed by atoms with Gasteiger partial charge >= 0.3 is 0 Å². The molecule has 0 radical (unpaired) electrons. The summed E-state index contributed by atoms with van der Waals surface area (Å²) in [5.74, 6) is 0. The number of aromatic nitrogens is 1. The summed E-state index contributed by atoms with van der Waals surface area (Å²) in [7, 11) is 0. The molecule has 2 atom stereocenters. The van der Waals surface area contributed by atoms with Gasteiger partial charge in [-0.05, 0) is 38.8 Å². The van der Waals surface area contributed by atoms with Crippen molar-refractivity contribution in [1.29, 1.82) is 0 Å². The molecule has 1 N–H and O–H groups in total. The van der Waals surface area contributed by atoms with Crippen LogP contribution in [0.3, 0.4) is 0 Å². The van der Waals surface area contributed by atoms with E-state index in [4.69, 9.17) is 0 Å². The predicted molar refractivity (Wildman–Crippen MR) is 68.0 cm³/mol. The number of anilines is 1. The van der Waals surface area contributed by atoms with Crippen molar-refractivity contribution in [3.63, 3.8) is 0 Å². The molecule has 1 aliphatic heterocycles. The predicted octanol–water partition coefficient (Wildman–Crippen LogP) is 1.89. The lowest BCUT2D eigenvalue weighted by molar-refractivity contribution is 0.424. The molecule has 0 spiro atoms. The summed E-state index contributed by atoms with van der Waals surface area (Å²) in [6.45, 7) is 10.9. The molecule has 1 aromatic heterocycles. The Morgan fingerprint density at radius 3 is 2.50 bits per heavy atom. The molecule has 1 fully saturated rings. The van der Waals surface area contributed by atoms with Crippen LogP contribution in [0.5, 0.6) is 0 Å². The van der Waals surface area contributed by atoms with E-state index < -0.39 is 0 Å². The minimum absolute atomic E-state index is 0.552. The highest BCUT2D eigenvalue weighted by Crippen LogP contribution is 2.26. The zero-order chi connectivity index (χ0) is 11.7. The topological polar surface area (TPSA) is 28.2 Å². The number of nitrogens with one attached hydrogen (secondary N) is 1. The molecule has 1 aliphatic rings. The van der Waals surface area contributed by atoms with Crippen LogP contribution in [0.1, 0.15) is 25.0 Å². The van der Waals surface area contributed by atoms with Crippen molar-refractivity contribution in [2.24, 2.45) is 0 Å². The highest BCUT2D eigenvalue weighted by Gasteiger charge is 2.24. The zero-order valence-electron chi connectivity index (χ0n) is 10.6. The maximum atomic E-state index is 4.24. The summed E-state index contributed by atoms with van der Waals surface area (Å²) < 4.78 is 0. The van der Waals surface area contributed by atoms with E-state index in [9.17, 15) is 0 Å². The fraction of sp³-hybridized carbons (Fsp3) is 0.615. The van der Waals surface area contributed by atoms with Crippen molar-refractivity contribution in [2.75, 3.05) is 18.0 Å². The highest BCUT2D eigenvalue weighted by molar-refractivity contribution is 5.58. The monoisotopic (exact) mass is 219 g/mol. The second-order valence-electron chi connectivity index (χ2n) is 4.93. The summed E-state index contributed by atoms with van der Waals surface area (Å²) in [6, 6.07) is 1.11. The molecule has 2 heterocycles. The first-order chi connectivity index (χ1) is 7.59. The largest absolute Gasteiger partial charge is 0.365 e. The van der Waals surface area contributed by atoms with E-state index in [-0.39, 0.29) is 0 Å². The molecular formula is C13H21N3. The van der Waals surface area contributed by atoms with Gasteiger partial charge in [0, 0.05) is 43.3 Å².